The van der Waals surface area contributed by atoms with Gasteiger partial charge in [-0.15, -0.1) is 0 Å². The first-order chi connectivity index (χ1) is 15.8. The zero-order valence-corrected chi connectivity index (χ0v) is 17.7. The van der Waals surface area contributed by atoms with Gasteiger partial charge in [0.25, 0.3) is 0 Å². The Morgan fingerprint density at radius 2 is 0.688 bits per heavy atom. The summed E-state index contributed by atoms with van der Waals surface area (Å²) in [7, 11) is 0. The highest BCUT2D eigenvalue weighted by Gasteiger charge is 2.30. The largest absolute Gasteiger partial charge is 0.0616 e. The molecule has 6 aromatic rings. The van der Waals surface area contributed by atoms with Gasteiger partial charge in [0.05, 0.1) is 0 Å². The topological polar surface area (TPSA) is 0 Å². The van der Waals surface area contributed by atoms with Gasteiger partial charge in [0.15, 0.2) is 0 Å². The Balaban J connectivity index is 1.31. The summed E-state index contributed by atoms with van der Waals surface area (Å²) >= 11 is 0. The van der Waals surface area contributed by atoms with Crippen LogP contribution >= 0.6 is 0 Å². The van der Waals surface area contributed by atoms with E-state index < -0.39 is 0 Å². The van der Waals surface area contributed by atoms with Gasteiger partial charge >= 0.3 is 0 Å². The molecule has 0 unspecified atom stereocenters. The lowest BCUT2D eigenvalue weighted by Gasteiger charge is -2.11. The average molecular weight is 405 g/mol. The quantitative estimate of drug-likeness (QED) is 0.223. The minimum atomic E-state index is 1.06. The third-order valence-electron chi connectivity index (χ3n) is 7.60. The predicted octanol–water partition coefficient (Wildman–Crippen LogP) is 8.32. The van der Waals surface area contributed by atoms with E-state index in [9.17, 15) is 0 Å². The van der Waals surface area contributed by atoms with Crippen molar-refractivity contribution in [3.8, 4) is 0 Å². The maximum atomic E-state index is 2.44. The highest BCUT2D eigenvalue weighted by atomic mass is 14.3. The average Bonchev–Trinajstić information content (AvgIpc) is 3.33. The highest BCUT2D eigenvalue weighted by Crippen LogP contribution is 2.48. The molecule has 8 rings (SSSR count). The molecule has 0 amide bonds. The van der Waals surface area contributed by atoms with Crippen molar-refractivity contribution in [2.24, 2.45) is 0 Å². The summed E-state index contributed by atoms with van der Waals surface area (Å²) in [5.41, 5.74) is 9.00. The molecule has 2 aliphatic carbocycles. The number of fused-ring (bicyclic) bond motifs is 8. The van der Waals surface area contributed by atoms with E-state index in [1.807, 2.05) is 0 Å². The van der Waals surface area contributed by atoms with Gasteiger partial charge in [0.1, 0.15) is 0 Å². The first-order valence-electron chi connectivity index (χ1n) is 11.4. The van der Waals surface area contributed by atoms with E-state index in [1.54, 1.807) is 11.1 Å². The summed E-state index contributed by atoms with van der Waals surface area (Å²) < 4.78 is 0. The minimum absolute atomic E-state index is 1.06. The highest BCUT2D eigenvalue weighted by molar-refractivity contribution is 6.09. The molecule has 148 valence electrons. The predicted molar refractivity (Wildman–Crippen MR) is 137 cm³/mol. The molecule has 0 heteroatoms. The van der Waals surface area contributed by atoms with E-state index in [0.29, 0.717) is 0 Å². The minimum Gasteiger partial charge on any atom is -0.0616 e. The fourth-order valence-corrected chi connectivity index (χ4v) is 6.04. The van der Waals surface area contributed by atoms with E-state index in [2.05, 4.69) is 97.1 Å². The SMILES string of the molecule is c1ccc2cc3cc4c(cc3cc2c1)CC1=C4Cc2cc3cc4ccccc4cc3cc21. The Morgan fingerprint density at radius 1 is 0.344 bits per heavy atom. The number of hydrogen-bond acceptors (Lipinski definition) is 0. The number of rotatable bonds is 0. The van der Waals surface area contributed by atoms with Crippen molar-refractivity contribution in [3.05, 3.63) is 119 Å². The molecule has 0 aliphatic heterocycles. The second-order valence-electron chi connectivity index (χ2n) is 9.42. The zero-order valence-electron chi connectivity index (χ0n) is 17.7. The first-order valence-corrected chi connectivity index (χ1v) is 11.4. The van der Waals surface area contributed by atoms with Gasteiger partial charge in [-0.1, -0.05) is 60.7 Å². The number of benzene rings is 6. The van der Waals surface area contributed by atoms with E-state index in [1.165, 1.54) is 65.3 Å². The standard InChI is InChI=1S/C32H20/c1-3-7-21-11-25-15-29-27(13-23(25)9-19(21)5-1)17-31-30-16-26-12-22-8-4-2-6-20(22)10-24(26)14-28(30)18-32(29)31/h1-16H,17-18H2. The smallest absolute Gasteiger partial charge is 0.00104 e. The summed E-state index contributed by atoms with van der Waals surface area (Å²) in [6, 6.07) is 36.5. The molecule has 6 aromatic carbocycles. The normalized spacial score (nSPS) is 14.5. The second-order valence-corrected chi connectivity index (χ2v) is 9.42. The number of hydrogen-bond donors (Lipinski definition) is 0. The molecule has 0 heterocycles. The number of allylic oxidation sites excluding steroid dienone is 2. The van der Waals surface area contributed by atoms with E-state index in [0.717, 1.165) is 12.8 Å². The van der Waals surface area contributed by atoms with Crippen molar-refractivity contribution >= 4 is 54.2 Å². The molecule has 0 bridgehead atoms. The van der Waals surface area contributed by atoms with Crippen LogP contribution in [-0.2, 0) is 12.8 Å². The third kappa shape index (κ3) is 2.22. The van der Waals surface area contributed by atoms with E-state index >= 15 is 0 Å². The fourth-order valence-electron chi connectivity index (χ4n) is 6.04. The molecule has 0 atom stereocenters. The summed E-state index contributed by atoms with van der Waals surface area (Å²) in [4.78, 5) is 0. The van der Waals surface area contributed by atoms with Crippen LogP contribution in [0.5, 0.6) is 0 Å². The van der Waals surface area contributed by atoms with Crippen molar-refractivity contribution < 1.29 is 0 Å². The van der Waals surface area contributed by atoms with Crippen LogP contribution in [0.4, 0.5) is 0 Å². The fraction of sp³-hybridized carbons (Fsp3) is 0.0625. The Hall–Kier alpha value is -3.90. The van der Waals surface area contributed by atoms with Crippen LogP contribution in [0.3, 0.4) is 0 Å². The lowest BCUT2D eigenvalue weighted by molar-refractivity contribution is 1.27. The summed E-state index contributed by atoms with van der Waals surface area (Å²) in [6.07, 6.45) is 2.11. The molecule has 0 fully saturated rings. The molecule has 0 nitrogen and oxygen atoms in total. The molecule has 2 aliphatic rings. The maximum Gasteiger partial charge on any atom is -0.00104 e. The van der Waals surface area contributed by atoms with Gasteiger partial charge in [-0.05, 0) is 126 Å². The Morgan fingerprint density at radius 3 is 1.06 bits per heavy atom. The Bertz CT molecular complexity index is 1680. The van der Waals surface area contributed by atoms with E-state index in [-0.39, 0.29) is 0 Å². The lowest BCUT2D eigenvalue weighted by atomic mass is 9.93. The molecule has 0 N–H and O–H groups in total. The summed E-state index contributed by atoms with van der Waals surface area (Å²) in [5, 5.41) is 10.7. The molecule has 0 aromatic heterocycles. The molecule has 0 saturated carbocycles. The van der Waals surface area contributed by atoms with Crippen molar-refractivity contribution in [3.63, 3.8) is 0 Å². The van der Waals surface area contributed by atoms with Crippen LogP contribution < -0.4 is 0 Å². The zero-order chi connectivity index (χ0) is 20.8. The lowest BCUT2D eigenvalue weighted by Crippen LogP contribution is -1.93. The van der Waals surface area contributed by atoms with E-state index in [4.69, 9.17) is 0 Å². The third-order valence-corrected chi connectivity index (χ3v) is 7.60. The molecular weight excluding hydrogens is 384 g/mol. The van der Waals surface area contributed by atoms with Crippen LogP contribution in [0.2, 0.25) is 0 Å². The molecule has 0 radical (unpaired) electrons. The molecule has 0 spiro atoms. The van der Waals surface area contributed by atoms with Crippen LogP contribution in [0.1, 0.15) is 22.3 Å². The van der Waals surface area contributed by atoms with Crippen molar-refractivity contribution in [1.29, 1.82) is 0 Å². The van der Waals surface area contributed by atoms with Gasteiger partial charge in [0, 0.05) is 0 Å². The van der Waals surface area contributed by atoms with Gasteiger partial charge < -0.3 is 0 Å². The van der Waals surface area contributed by atoms with Gasteiger partial charge in [-0.2, -0.15) is 0 Å². The van der Waals surface area contributed by atoms with Crippen molar-refractivity contribution in [2.45, 2.75) is 12.8 Å². The van der Waals surface area contributed by atoms with Crippen LogP contribution in [0.25, 0.3) is 54.2 Å². The van der Waals surface area contributed by atoms with Crippen molar-refractivity contribution in [2.75, 3.05) is 0 Å². The van der Waals surface area contributed by atoms with Crippen LogP contribution in [0, 0.1) is 0 Å². The maximum absolute atomic E-state index is 2.44. The van der Waals surface area contributed by atoms with Crippen molar-refractivity contribution in [1.82, 2.24) is 0 Å². The Labute approximate surface area is 186 Å². The van der Waals surface area contributed by atoms with Crippen LogP contribution in [-0.4, -0.2) is 0 Å². The summed E-state index contributed by atoms with van der Waals surface area (Å²) in [5.74, 6) is 0. The molecule has 32 heavy (non-hydrogen) atoms. The van der Waals surface area contributed by atoms with Crippen LogP contribution in [0.15, 0.2) is 97.1 Å². The summed E-state index contributed by atoms with van der Waals surface area (Å²) in [6.45, 7) is 0. The monoisotopic (exact) mass is 404 g/mol. The second kappa shape index (κ2) is 5.87. The van der Waals surface area contributed by atoms with Gasteiger partial charge in [-0.25, -0.2) is 0 Å². The molecule has 0 saturated heterocycles. The Kier molecular flexibility index (Phi) is 3.07. The molecular formula is C32H20. The first kappa shape index (κ1) is 16.8. The van der Waals surface area contributed by atoms with Gasteiger partial charge in [-0.3, -0.25) is 0 Å². The van der Waals surface area contributed by atoms with Gasteiger partial charge in [0.2, 0.25) is 0 Å².